The number of nitrogens with zero attached hydrogens (tertiary/aromatic N) is 6. The minimum absolute atomic E-state index is 0.0416. The quantitative estimate of drug-likeness (QED) is 0.0442. The average Bonchev–Trinajstić information content (AvgIpc) is 3.69. The van der Waals surface area contributed by atoms with Crippen LogP contribution in [0.5, 0.6) is 0 Å². The Bertz CT molecular complexity index is 1690. The van der Waals surface area contributed by atoms with Gasteiger partial charge >= 0.3 is 33.1 Å². The standard InChI is InChI=1S/C18H17N3O2.C10H11N3O2.C8H6.Cu.HI/c1-3-7-14(8-4-1)17-11-21(20-19-17)16-12-22-18(23-13-16)15-9-5-2-6-10-15;11-13-12-9-6-14-10(15-7-9)8-4-2-1-3-5-8;1-2-8-6-4-3-5-7-8;;/h1-11,16,18H,12-13H2;1-5,9-10H,6-7H2;1,3-7H;;1H/q;;;+1;/p-1. The van der Waals surface area contributed by atoms with E-state index in [1.165, 1.54) is 0 Å². The molecular formula is C36H34CuIN6O4. The predicted octanol–water partition coefficient (Wildman–Crippen LogP) is 8.19. The summed E-state index contributed by atoms with van der Waals surface area (Å²) in [6, 6.07) is 39.1. The van der Waals surface area contributed by atoms with Crippen molar-refractivity contribution in [2.45, 2.75) is 24.7 Å². The number of halogens is 1. The van der Waals surface area contributed by atoms with E-state index in [0.717, 1.165) is 27.9 Å². The summed E-state index contributed by atoms with van der Waals surface area (Å²) >= 11 is 5.87. The summed E-state index contributed by atoms with van der Waals surface area (Å²) in [6.07, 6.45) is 6.40. The maximum Gasteiger partial charge on any atom is 0.184 e. The largest absolute Gasteiger partial charge is 0.348 e. The maximum atomic E-state index is 8.25. The van der Waals surface area contributed by atoms with Gasteiger partial charge in [-0.1, -0.05) is 125 Å². The van der Waals surface area contributed by atoms with E-state index in [0.29, 0.717) is 26.4 Å². The molecule has 5 aromatic rings. The third-order valence-electron chi connectivity index (χ3n) is 7.01. The Labute approximate surface area is 299 Å². The summed E-state index contributed by atoms with van der Waals surface area (Å²) in [7, 11) is 0. The Morgan fingerprint density at radius 3 is 1.65 bits per heavy atom. The van der Waals surface area contributed by atoms with Gasteiger partial charge in [-0.05, 0) is 17.7 Å². The Morgan fingerprint density at radius 1 is 0.729 bits per heavy atom. The van der Waals surface area contributed by atoms with Crippen LogP contribution in [0.4, 0.5) is 0 Å². The Kier molecular flexibility index (Phi) is 16.1. The molecule has 10 nitrogen and oxygen atoms in total. The van der Waals surface area contributed by atoms with Gasteiger partial charge in [-0.25, -0.2) is 4.68 Å². The topological polar surface area (TPSA) is 116 Å². The van der Waals surface area contributed by atoms with Crippen molar-refractivity contribution in [2.24, 2.45) is 5.11 Å². The molecule has 0 spiro atoms. The molecular weight excluding hydrogens is 771 g/mol. The fourth-order valence-corrected chi connectivity index (χ4v) is 4.61. The van der Waals surface area contributed by atoms with Crippen LogP contribution in [0.1, 0.15) is 35.3 Å². The maximum absolute atomic E-state index is 8.25. The van der Waals surface area contributed by atoms with Crippen molar-refractivity contribution in [3.63, 3.8) is 0 Å². The van der Waals surface area contributed by atoms with E-state index in [2.05, 4.69) is 39.0 Å². The predicted molar refractivity (Wildman–Crippen MR) is 188 cm³/mol. The third kappa shape index (κ3) is 11.6. The molecule has 0 bridgehead atoms. The van der Waals surface area contributed by atoms with E-state index >= 15 is 0 Å². The van der Waals surface area contributed by atoms with Gasteiger partial charge in [0.15, 0.2) is 12.6 Å². The smallest absolute Gasteiger partial charge is 0.184 e. The first kappa shape index (κ1) is 36.8. The molecule has 0 N–H and O–H groups in total. The van der Waals surface area contributed by atoms with Crippen molar-refractivity contribution in [2.75, 3.05) is 26.4 Å². The van der Waals surface area contributed by atoms with Crippen LogP contribution in [0.15, 0.2) is 133 Å². The molecule has 2 aliphatic rings. The first-order valence-electron chi connectivity index (χ1n) is 14.9. The zero-order chi connectivity index (χ0) is 33.8. The SMILES string of the molecule is C#Cc1ccccc1.[Cu][I].[N-]=[N+]=NC1COC(c2ccccc2)OC1.c1ccc(-c2cn(C3COC(c4ccccc4)OC3)nn2)cc1. The van der Waals surface area contributed by atoms with E-state index in [4.69, 9.17) is 30.9 Å². The van der Waals surface area contributed by atoms with E-state index < -0.39 is 0 Å². The molecule has 0 unspecified atom stereocenters. The second-order valence-electron chi connectivity index (χ2n) is 10.3. The molecule has 0 amide bonds. The van der Waals surface area contributed by atoms with Gasteiger partial charge in [0.1, 0.15) is 11.7 Å². The third-order valence-corrected chi connectivity index (χ3v) is 7.01. The number of benzene rings is 4. The van der Waals surface area contributed by atoms with Crippen molar-refractivity contribution in [1.82, 2.24) is 15.0 Å². The summed E-state index contributed by atoms with van der Waals surface area (Å²) in [5, 5.41) is 12.0. The van der Waals surface area contributed by atoms with Crippen LogP contribution in [0.2, 0.25) is 0 Å². The van der Waals surface area contributed by atoms with Crippen LogP contribution in [-0.4, -0.2) is 47.5 Å². The molecule has 0 aliphatic carbocycles. The fourth-order valence-electron chi connectivity index (χ4n) is 4.61. The summed E-state index contributed by atoms with van der Waals surface area (Å²) in [5.74, 6) is 2.53. The molecule has 2 saturated heterocycles. The zero-order valence-corrected chi connectivity index (χ0v) is 28.9. The van der Waals surface area contributed by atoms with E-state index in [9.17, 15) is 0 Å². The van der Waals surface area contributed by atoms with E-state index in [1.54, 1.807) is 20.3 Å². The van der Waals surface area contributed by atoms with Gasteiger partial charge in [-0.2, -0.15) is 0 Å². The minimum Gasteiger partial charge on any atom is -0.348 e. The molecule has 2 aliphatic heterocycles. The molecule has 1 aromatic heterocycles. The zero-order valence-electron chi connectivity index (χ0n) is 25.8. The number of hydrogen-bond donors (Lipinski definition) is 0. The first-order valence-corrected chi connectivity index (χ1v) is 18.0. The number of hydrogen-bond acceptors (Lipinski definition) is 7. The number of terminal acetylenes is 1. The average molecular weight is 805 g/mol. The normalized spacial score (nSPS) is 19.6. The molecule has 48 heavy (non-hydrogen) atoms. The van der Waals surface area contributed by atoms with Crippen LogP contribution in [0, 0.1) is 12.3 Å². The van der Waals surface area contributed by atoms with Gasteiger partial charge < -0.3 is 18.9 Å². The Hall–Kier alpha value is -4.02. The first-order chi connectivity index (χ1) is 23.7. The summed E-state index contributed by atoms with van der Waals surface area (Å²) < 4.78 is 24.4. The molecule has 4 aromatic carbocycles. The van der Waals surface area contributed by atoms with Crippen molar-refractivity contribution < 1.29 is 31.7 Å². The van der Waals surface area contributed by atoms with Gasteiger partial charge in [0, 0.05) is 27.2 Å². The molecule has 12 heteroatoms. The second kappa shape index (κ2) is 21.1. The van der Waals surface area contributed by atoms with Gasteiger partial charge in [-0.15, -0.1) is 11.5 Å². The number of aromatic nitrogens is 3. The molecule has 0 radical (unpaired) electrons. The summed E-state index contributed by atoms with van der Waals surface area (Å²) in [6.45, 7) is 1.92. The Balaban J connectivity index is 0.000000178. The molecule has 2 fully saturated rings. The number of ether oxygens (including phenoxy) is 4. The van der Waals surface area contributed by atoms with Crippen LogP contribution in [0.25, 0.3) is 21.7 Å². The Morgan fingerprint density at radius 2 is 1.19 bits per heavy atom. The fraction of sp³-hybridized carbons (Fsp3) is 0.222. The number of rotatable bonds is 5. The van der Waals surface area contributed by atoms with Crippen molar-refractivity contribution in [1.29, 1.82) is 0 Å². The van der Waals surface area contributed by atoms with Crippen LogP contribution < -0.4 is 0 Å². The van der Waals surface area contributed by atoms with E-state index in [-0.39, 0.29) is 24.7 Å². The molecule has 250 valence electrons. The van der Waals surface area contributed by atoms with Gasteiger partial charge in [-0.3, -0.25) is 0 Å². The van der Waals surface area contributed by atoms with Crippen molar-refractivity contribution in [3.8, 4) is 23.6 Å². The molecule has 0 atom stereocenters. The minimum atomic E-state index is -0.337. The van der Waals surface area contributed by atoms with Crippen LogP contribution in [0.3, 0.4) is 0 Å². The van der Waals surface area contributed by atoms with Crippen LogP contribution >= 0.6 is 20.3 Å². The van der Waals surface area contributed by atoms with Crippen LogP contribution in [-0.2, 0) is 31.7 Å². The summed E-state index contributed by atoms with van der Waals surface area (Å²) in [5.41, 5.74) is 13.1. The van der Waals surface area contributed by atoms with Gasteiger partial charge in [0.25, 0.3) is 0 Å². The molecule has 3 heterocycles. The number of azide groups is 1. The van der Waals surface area contributed by atoms with E-state index in [1.807, 2.05) is 132 Å². The van der Waals surface area contributed by atoms with Crippen molar-refractivity contribution in [3.05, 3.63) is 155 Å². The van der Waals surface area contributed by atoms with Gasteiger partial charge in [0.05, 0.1) is 38.7 Å². The molecule has 0 saturated carbocycles. The van der Waals surface area contributed by atoms with Gasteiger partial charge in [0.2, 0.25) is 0 Å². The monoisotopic (exact) mass is 804 g/mol. The second-order valence-corrected chi connectivity index (χ2v) is 10.3. The van der Waals surface area contributed by atoms with Crippen molar-refractivity contribution >= 4 is 20.3 Å². The molecule has 7 rings (SSSR count). The summed E-state index contributed by atoms with van der Waals surface area (Å²) in [4.78, 5) is 2.72.